The molecule has 0 fully saturated rings. The van der Waals surface area contributed by atoms with Crippen LogP contribution in [0.15, 0.2) is 16.7 Å². The molecule has 1 nitrogen and oxygen atoms in total. The van der Waals surface area contributed by atoms with Gasteiger partial charge in [-0.3, -0.25) is 12.6 Å². The Labute approximate surface area is 135 Å². The van der Waals surface area contributed by atoms with Crippen molar-refractivity contribution in [3.05, 3.63) is 29.3 Å². The van der Waals surface area contributed by atoms with E-state index in [1.165, 1.54) is 16.7 Å². The molecule has 0 aliphatic heterocycles. The Hall–Kier alpha value is 0.734. The molecule has 1 unspecified atom stereocenters. The summed E-state index contributed by atoms with van der Waals surface area (Å²) in [7, 11) is 4.00. The Morgan fingerprint density at radius 1 is 1.12 bits per heavy atom. The fraction of sp³-hybridized carbons (Fsp3) is 0.615. The molecule has 0 aromatic carbocycles. The molecule has 0 aromatic rings. The van der Waals surface area contributed by atoms with E-state index in [-0.39, 0.29) is 46.5 Å². The van der Waals surface area contributed by atoms with Crippen molar-refractivity contribution in [1.82, 2.24) is 4.90 Å². The van der Waals surface area contributed by atoms with Crippen LogP contribution in [0.5, 0.6) is 0 Å². The molecular weight excluding hydrogens is 289 g/mol. The zero-order chi connectivity index (χ0) is 11.3. The summed E-state index contributed by atoms with van der Waals surface area (Å²) in [5.74, 6) is 0.560. The summed E-state index contributed by atoms with van der Waals surface area (Å²) in [6.45, 7) is 12.7. The van der Waals surface area contributed by atoms with E-state index in [0.717, 1.165) is 0 Å². The summed E-state index contributed by atoms with van der Waals surface area (Å²) in [6.07, 6.45) is 3.36. The largest absolute Gasteiger partial charge is 2.00 e. The second kappa shape index (κ2) is 13.2. The van der Waals surface area contributed by atoms with Crippen molar-refractivity contribution in [1.29, 1.82) is 0 Å². The Morgan fingerprint density at radius 3 is 1.53 bits per heavy atom. The average molecular weight is 314 g/mol. The normalized spacial score (nSPS) is 17.2. The van der Waals surface area contributed by atoms with Gasteiger partial charge in [-0.1, -0.05) is 26.7 Å². The van der Waals surface area contributed by atoms with Gasteiger partial charge in [0, 0.05) is 0 Å². The molecule has 17 heavy (non-hydrogen) atoms. The molecule has 0 radical (unpaired) electrons. The third kappa shape index (κ3) is 10.4. The van der Waals surface area contributed by atoms with Crippen LogP contribution in [0.4, 0.5) is 0 Å². The van der Waals surface area contributed by atoms with Crippen LogP contribution in [0.3, 0.4) is 0 Å². The molecule has 1 aliphatic rings. The molecular formula is C13H25Cl2NTi. The third-order valence-electron chi connectivity index (χ3n) is 2.75. The van der Waals surface area contributed by atoms with Crippen molar-refractivity contribution < 1.29 is 21.7 Å². The third-order valence-corrected chi connectivity index (χ3v) is 2.75. The number of halogens is 2. The molecule has 0 saturated heterocycles. The van der Waals surface area contributed by atoms with Gasteiger partial charge in [0.05, 0.1) is 0 Å². The van der Waals surface area contributed by atoms with Crippen molar-refractivity contribution in [2.24, 2.45) is 5.92 Å². The standard InChI is InChI=1S/C9H13.C4H10N.2ClH.Ti/c1-6-5-7(2)9(4)8(6)3;1-4-5(2)3;;;/h6H,1-4H3;4H,1-3H3;2*1H;/q2*-1;;;+2. The van der Waals surface area contributed by atoms with Gasteiger partial charge in [0.25, 0.3) is 0 Å². The molecule has 1 atom stereocenters. The number of allylic oxidation sites excluding steroid dienone is 4. The van der Waals surface area contributed by atoms with E-state index < -0.39 is 0 Å². The number of hydrogen-bond donors (Lipinski definition) is 0. The second-order valence-electron chi connectivity index (χ2n) is 4.02. The quantitative estimate of drug-likeness (QED) is 0.515. The molecule has 0 bridgehead atoms. The molecule has 0 spiro atoms. The van der Waals surface area contributed by atoms with Gasteiger partial charge in [-0.15, -0.1) is 31.7 Å². The monoisotopic (exact) mass is 313 g/mol. The maximum Gasteiger partial charge on any atom is 2.00 e. The molecule has 0 heterocycles. The van der Waals surface area contributed by atoms with E-state index in [2.05, 4.69) is 33.8 Å². The van der Waals surface area contributed by atoms with E-state index in [1.54, 1.807) is 0 Å². The zero-order valence-electron chi connectivity index (χ0n) is 11.9. The summed E-state index contributed by atoms with van der Waals surface area (Å²) in [6, 6.07) is 0. The molecule has 1 aliphatic carbocycles. The summed E-state index contributed by atoms with van der Waals surface area (Å²) in [5.41, 5.74) is 4.25. The fourth-order valence-corrected chi connectivity index (χ4v) is 1.16. The van der Waals surface area contributed by atoms with Crippen molar-refractivity contribution in [3.63, 3.8) is 0 Å². The minimum absolute atomic E-state index is 0. The van der Waals surface area contributed by atoms with Gasteiger partial charge in [0.1, 0.15) is 0 Å². The molecule has 4 heteroatoms. The maximum absolute atomic E-state index is 3.36. The van der Waals surface area contributed by atoms with Gasteiger partial charge in [-0.2, -0.15) is 18.1 Å². The Kier molecular flexibility index (Phi) is 20.4. The molecule has 1 rings (SSSR count). The Bertz CT molecular complexity index is 248. The van der Waals surface area contributed by atoms with Gasteiger partial charge < -0.3 is 4.90 Å². The van der Waals surface area contributed by atoms with Crippen LogP contribution >= 0.6 is 24.8 Å². The minimum atomic E-state index is 0. The van der Waals surface area contributed by atoms with Crippen molar-refractivity contribution in [2.75, 3.05) is 14.1 Å². The minimum Gasteiger partial charge on any atom is -0.462 e. The van der Waals surface area contributed by atoms with Gasteiger partial charge in [0.2, 0.25) is 0 Å². The van der Waals surface area contributed by atoms with Crippen LogP contribution in [0.1, 0.15) is 34.6 Å². The predicted molar refractivity (Wildman–Crippen MR) is 78.1 cm³/mol. The van der Waals surface area contributed by atoms with Gasteiger partial charge >= 0.3 is 21.7 Å². The fourth-order valence-electron chi connectivity index (χ4n) is 1.16. The first kappa shape index (κ1) is 26.3. The zero-order valence-corrected chi connectivity index (χ0v) is 15.1. The van der Waals surface area contributed by atoms with Crippen molar-refractivity contribution >= 4 is 24.8 Å². The Balaban J connectivity index is -0.0000000948. The van der Waals surface area contributed by atoms with Crippen LogP contribution in [-0.4, -0.2) is 19.0 Å². The van der Waals surface area contributed by atoms with Crippen LogP contribution in [-0.2, 0) is 21.7 Å². The van der Waals surface area contributed by atoms with E-state index in [0.29, 0.717) is 5.92 Å². The smallest absolute Gasteiger partial charge is 0.462 e. The topological polar surface area (TPSA) is 3.24 Å². The van der Waals surface area contributed by atoms with Gasteiger partial charge in [-0.05, 0) is 14.1 Å². The van der Waals surface area contributed by atoms with E-state index in [4.69, 9.17) is 0 Å². The van der Waals surface area contributed by atoms with Crippen molar-refractivity contribution in [2.45, 2.75) is 34.6 Å². The summed E-state index contributed by atoms with van der Waals surface area (Å²) in [4.78, 5) is 2.00. The molecule has 0 saturated carbocycles. The van der Waals surface area contributed by atoms with Crippen LogP contribution in [0.25, 0.3) is 0 Å². The van der Waals surface area contributed by atoms with Gasteiger partial charge in [-0.25, -0.2) is 5.57 Å². The SMILES string of the molecule is CC1=[C-]C(C)C(C)=C1C.C[CH-]N(C)C.Cl.Cl.[Ti+2]. The van der Waals surface area contributed by atoms with Crippen LogP contribution in [0, 0.1) is 18.5 Å². The number of hydrogen-bond acceptors (Lipinski definition) is 1. The van der Waals surface area contributed by atoms with Crippen molar-refractivity contribution in [3.8, 4) is 0 Å². The van der Waals surface area contributed by atoms with E-state index in [1.807, 2.05) is 32.5 Å². The first-order valence-corrected chi connectivity index (χ1v) is 5.13. The van der Waals surface area contributed by atoms with E-state index >= 15 is 0 Å². The molecule has 100 valence electrons. The number of rotatable bonds is 1. The maximum atomic E-state index is 3.36. The summed E-state index contributed by atoms with van der Waals surface area (Å²) in [5, 5.41) is 0. The average Bonchev–Trinajstić information content (AvgIpc) is 2.34. The predicted octanol–water partition coefficient (Wildman–Crippen LogP) is 4.29. The number of nitrogens with zero attached hydrogens (tertiary/aromatic N) is 1. The van der Waals surface area contributed by atoms with Gasteiger partial charge in [0.15, 0.2) is 0 Å². The van der Waals surface area contributed by atoms with Crippen LogP contribution < -0.4 is 0 Å². The first-order chi connectivity index (χ1) is 6.40. The summed E-state index contributed by atoms with van der Waals surface area (Å²) >= 11 is 0. The Morgan fingerprint density at radius 2 is 1.47 bits per heavy atom. The molecule has 0 N–H and O–H groups in total. The molecule has 0 amide bonds. The van der Waals surface area contributed by atoms with E-state index in [9.17, 15) is 0 Å². The second-order valence-corrected chi connectivity index (χ2v) is 4.02. The molecule has 0 aromatic heterocycles. The van der Waals surface area contributed by atoms with Crippen LogP contribution in [0.2, 0.25) is 0 Å². The summed E-state index contributed by atoms with van der Waals surface area (Å²) < 4.78 is 0. The first-order valence-electron chi connectivity index (χ1n) is 5.13.